The molecule has 36 heavy (non-hydrogen) atoms. The average Bonchev–Trinajstić information content (AvgIpc) is 2.82. The maximum atomic E-state index is 11.1. The number of hydrogen-bond acceptors (Lipinski definition) is 8. The van der Waals surface area contributed by atoms with E-state index in [-0.39, 0.29) is 29.0 Å². The minimum absolute atomic E-state index is 0.116. The van der Waals surface area contributed by atoms with Crippen molar-refractivity contribution in [2.45, 2.75) is 47.0 Å². The molecule has 0 aliphatic heterocycles. The number of ether oxygens (including phenoxy) is 3. The van der Waals surface area contributed by atoms with E-state index in [0.29, 0.717) is 31.1 Å². The van der Waals surface area contributed by atoms with Crippen molar-refractivity contribution in [1.29, 1.82) is 0 Å². The van der Waals surface area contributed by atoms with Gasteiger partial charge in [0.1, 0.15) is 41.7 Å². The quantitative estimate of drug-likeness (QED) is 0.153. The van der Waals surface area contributed by atoms with Gasteiger partial charge in [0, 0.05) is 31.3 Å². The summed E-state index contributed by atoms with van der Waals surface area (Å²) in [6.07, 6.45) is 0. The fraction of sp³-hybridized carbons (Fsp3) is 0.481. The Morgan fingerprint density at radius 3 is 2.25 bits per heavy atom. The van der Waals surface area contributed by atoms with Crippen LogP contribution in [0.3, 0.4) is 0 Å². The van der Waals surface area contributed by atoms with Crippen LogP contribution >= 0.6 is 0 Å². The van der Waals surface area contributed by atoms with Crippen LogP contribution in [-0.2, 0) is 10.2 Å². The van der Waals surface area contributed by atoms with E-state index in [2.05, 4.69) is 44.7 Å². The Bertz CT molecular complexity index is 1060. The lowest BCUT2D eigenvalue weighted by molar-refractivity contribution is 0.0693. The Hall–Kier alpha value is -3.46. The highest BCUT2D eigenvalue weighted by atomic mass is 16.5. The van der Waals surface area contributed by atoms with E-state index in [0.717, 1.165) is 24.3 Å². The Kier molecular flexibility index (Phi) is 10.4. The molecule has 0 saturated heterocycles. The van der Waals surface area contributed by atoms with Crippen molar-refractivity contribution >= 4 is 17.4 Å². The number of carbonyl (C=O) groups is 1. The second kappa shape index (κ2) is 13.0. The molecular formula is C27H38N2O7. The molecule has 0 atom stereocenters. The van der Waals surface area contributed by atoms with Gasteiger partial charge in [-0.1, -0.05) is 25.9 Å². The van der Waals surface area contributed by atoms with Crippen LogP contribution in [0.2, 0.25) is 0 Å². The van der Waals surface area contributed by atoms with Crippen LogP contribution in [0.1, 0.15) is 63.0 Å². The van der Waals surface area contributed by atoms with Crippen LogP contribution in [0.4, 0.5) is 5.69 Å². The van der Waals surface area contributed by atoms with Crippen LogP contribution in [0.25, 0.3) is 0 Å². The van der Waals surface area contributed by atoms with Gasteiger partial charge in [-0.25, -0.2) is 4.79 Å². The number of phenols is 1. The summed E-state index contributed by atoms with van der Waals surface area (Å²) in [6.45, 7) is 15.3. The van der Waals surface area contributed by atoms with E-state index in [1.807, 2.05) is 19.1 Å². The van der Waals surface area contributed by atoms with Crippen LogP contribution in [0, 0.1) is 0 Å². The summed E-state index contributed by atoms with van der Waals surface area (Å²) in [5.41, 5.74) is 2.42. The predicted octanol–water partition coefficient (Wildman–Crippen LogP) is 4.91. The third-order valence-electron chi connectivity index (χ3n) is 5.68. The molecule has 2 aromatic rings. The molecule has 2 aromatic carbocycles. The van der Waals surface area contributed by atoms with E-state index in [4.69, 9.17) is 19.3 Å². The van der Waals surface area contributed by atoms with E-state index < -0.39 is 11.7 Å². The van der Waals surface area contributed by atoms with Gasteiger partial charge in [0.25, 0.3) is 0 Å². The summed E-state index contributed by atoms with van der Waals surface area (Å²) in [7, 11) is 0. The fourth-order valence-corrected chi connectivity index (χ4v) is 3.78. The number of nitrogens with zero attached hydrogens (tertiary/aromatic N) is 2. The lowest BCUT2D eigenvalue weighted by Gasteiger charge is -2.32. The fourth-order valence-electron chi connectivity index (χ4n) is 3.78. The van der Waals surface area contributed by atoms with Crippen molar-refractivity contribution in [3.8, 4) is 17.2 Å². The van der Waals surface area contributed by atoms with Gasteiger partial charge < -0.3 is 34.5 Å². The van der Waals surface area contributed by atoms with E-state index in [9.17, 15) is 15.1 Å². The molecule has 0 unspecified atom stereocenters. The summed E-state index contributed by atoms with van der Waals surface area (Å²) in [5, 5.41) is 32.3. The van der Waals surface area contributed by atoms with Crippen LogP contribution in [-0.4, -0.2) is 66.6 Å². The second-order valence-electron chi connectivity index (χ2n) is 9.16. The first-order valence-electron chi connectivity index (χ1n) is 12.1. The monoisotopic (exact) mass is 502 g/mol. The third-order valence-corrected chi connectivity index (χ3v) is 5.68. The molecular weight excluding hydrogens is 464 g/mol. The number of carboxylic acids is 1. The largest absolute Gasteiger partial charge is 0.507 e. The van der Waals surface area contributed by atoms with Gasteiger partial charge in [0.05, 0.1) is 12.3 Å². The first-order chi connectivity index (χ1) is 17.1. The Morgan fingerprint density at radius 1 is 1.03 bits per heavy atom. The van der Waals surface area contributed by atoms with Crippen molar-refractivity contribution in [3.05, 3.63) is 47.0 Å². The lowest BCUT2D eigenvalue weighted by Crippen LogP contribution is -2.28. The molecule has 0 aliphatic rings. The summed E-state index contributed by atoms with van der Waals surface area (Å²) >= 11 is 0. The number of carboxylic acid groups (broad SMARTS) is 1. The maximum absolute atomic E-state index is 11.1. The van der Waals surface area contributed by atoms with Gasteiger partial charge in [0.15, 0.2) is 0 Å². The number of aromatic hydroxyl groups is 1. The van der Waals surface area contributed by atoms with Crippen molar-refractivity contribution in [2.75, 3.05) is 44.4 Å². The van der Waals surface area contributed by atoms with Crippen molar-refractivity contribution in [3.63, 3.8) is 0 Å². The first kappa shape index (κ1) is 28.8. The highest BCUT2D eigenvalue weighted by Crippen LogP contribution is 2.40. The normalized spacial score (nSPS) is 11.9. The molecule has 0 aliphatic carbocycles. The Labute approximate surface area is 212 Å². The van der Waals surface area contributed by atoms with Gasteiger partial charge in [-0.15, -0.1) is 0 Å². The summed E-state index contributed by atoms with van der Waals surface area (Å²) < 4.78 is 17.3. The Balaban J connectivity index is 2.47. The molecule has 198 valence electrons. The maximum Gasteiger partial charge on any atom is 0.339 e. The highest BCUT2D eigenvalue weighted by Gasteiger charge is 2.26. The first-order valence-corrected chi connectivity index (χ1v) is 12.1. The standard InChI is InChI=1S/C27H38N2O7/c1-7-29(8-2)25-21(27(4,5)6)14-18(15-24(25)35-13-12-34-9-3)22(28-33)17-36-19-10-11-20(26(31)32)23(30)16-19/h10-11,14-16,30,33H,7-9,12-13,17H2,1-6H3,(H,31,32)/b28-22+. The second-order valence-corrected chi connectivity index (χ2v) is 9.16. The predicted molar refractivity (Wildman–Crippen MR) is 140 cm³/mol. The van der Waals surface area contributed by atoms with Crippen LogP contribution in [0.5, 0.6) is 17.2 Å². The number of anilines is 1. The molecule has 9 nitrogen and oxygen atoms in total. The van der Waals surface area contributed by atoms with Crippen molar-refractivity contribution in [2.24, 2.45) is 5.16 Å². The SMILES string of the molecule is CCOCCOc1cc(/C(COc2ccc(C(=O)O)c(O)c2)=N/O)cc(C(C)(C)C)c1N(CC)CC. The summed E-state index contributed by atoms with van der Waals surface area (Å²) in [6, 6.07) is 7.71. The molecule has 2 rings (SSSR count). The minimum Gasteiger partial charge on any atom is -0.507 e. The van der Waals surface area contributed by atoms with Gasteiger partial charge in [0.2, 0.25) is 0 Å². The summed E-state index contributed by atoms with van der Waals surface area (Å²) in [5.74, 6) is -0.754. The molecule has 3 N–H and O–H groups in total. The molecule has 0 bridgehead atoms. The molecule has 0 amide bonds. The number of aromatic carboxylic acids is 1. The van der Waals surface area contributed by atoms with Crippen molar-refractivity contribution in [1.82, 2.24) is 0 Å². The van der Waals surface area contributed by atoms with Crippen LogP contribution in [0.15, 0.2) is 35.5 Å². The topological polar surface area (TPSA) is 121 Å². The van der Waals surface area contributed by atoms with Crippen molar-refractivity contribution < 1.29 is 34.4 Å². The molecule has 0 saturated carbocycles. The Morgan fingerprint density at radius 2 is 1.72 bits per heavy atom. The highest BCUT2D eigenvalue weighted by molar-refractivity contribution is 6.02. The van der Waals surface area contributed by atoms with E-state index in [1.165, 1.54) is 18.2 Å². The number of rotatable bonds is 13. The zero-order valence-electron chi connectivity index (χ0n) is 22.0. The number of hydrogen-bond donors (Lipinski definition) is 3. The minimum atomic E-state index is -1.24. The van der Waals surface area contributed by atoms with Gasteiger partial charge in [-0.05, 0) is 56.0 Å². The summed E-state index contributed by atoms with van der Waals surface area (Å²) in [4.78, 5) is 13.4. The van der Waals surface area contributed by atoms with Gasteiger partial charge >= 0.3 is 5.97 Å². The zero-order chi connectivity index (χ0) is 26.9. The van der Waals surface area contributed by atoms with Crippen LogP contribution < -0.4 is 14.4 Å². The van der Waals surface area contributed by atoms with E-state index >= 15 is 0 Å². The zero-order valence-corrected chi connectivity index (χ0v) is 22.0. The molecule has 0 aromatic heterocycles. The molecule has 0 spiro atoms. The average molecular weight is 503 g/mol. The third kappa shape index (κ3) is 7.27. The molecule has 0 radical (unpaired) electrons. The molecule has 0 fully saturated rings. The smallest absolute Gasteiger partial charge is 0.339 e. The lowest BCUT2D eigenvalue weighted by atomic mass is 9.83. The van der Waals surface area contributed by atoms with E-state index in [1.54, 1.807) is 0 Å². The van der Waals surface area contributed by atoms with Gasteiger partial charge in [-0.3, -0.25) is 0 Å². The number of benzene rings is 2. The molecule has 0 heterocycles. The number of oxime groups is 1. The molecule has 9 heteroatoms. The van der Waals surface area contributed by atoms with Gasteiger partial charge in [-0.2, -0.15) is 0 Å².